The number of allylic oxidation sites excluding steroid dienone is 1. The summed E-state index contributed by atoms with van der Waals surface area (Å²) in [5, 5.41) is 0.952. The fraction of sp³-hybridized carbons (Fsp3) is 0.379. The molecule has 1 unspecified atom stereocenters. The van der Waals surface area contributed by atoms with E-state index in [0.717, 1.165) is 53.4 Å². The van der Waals surface area contributed by atoms with E-state index in [0.29, 0.717) is 32.2 Å². The molecule has 3 heterocycles. The second-order valence-corrected chi connectivity index (χ2v) is 9.82. The molecule has 2 saturated heterocycles. The van der Waals surface area contributed by atoms with Crippen molar-refractivity contribution in [3.05, 3.63) is 77.0 Å². The lowest BCUT2D eigenvalue weighted by Crippen LogP contribution is -2.47. The van der Waals surface area contributed by atoms with Gasteiger partial charge >= 0.3 is 0 Å². The van der Waals surface area contributed by atoms with Gasteiger partial charge in [0.15, 0.2) is 5.79 Å². The molecule has 5 heteroatoms. The molecule has 3 aliphatic rings. The number of amides is 1. The lowest BCUT2D eigenvalue weighted by molar-refractivity contribution is -0.181. The van der Waals surface area contributed by atoms with Crippen molar-refractivity contribution >= 4 is 28.5 Å². The average molecular weight is 455 g/mol. The van der Waals surface area contributed by atoms with Gasteiger partial charge in [0, 0.05) is 31.3 Å². The lowest BCUT2D eigenvalue weighted by Gasteiger charge is -2.38. The maximum absolute atomic E-state index is 14.1. The van der Waals surface area contributed by atoms with Gasteiger partial charge in [-0.3, -0.25) is 4.79 Å². The predicted molar refractivity (Wildman–Crippen MR) is 133 cm³/mol. The highest BCUT2D eigenvalue weighted by Gasteiger charge is 2.41. The van der Waals surface area contributed by atoms with Gasteiger partial charge in [0.25, 0.3) is 5.91 Å². The third-order valence-electron chi connectivity index (χ3n) is 7.40. The number of pyridine rings is 1. The molecule has 5 nitrogen and oxygen atoms in total. The van der Waals surface area contributed by atoms with Crippen molar-refractivity contribution in [2.24, 2.45) is 5.92 Å². The summed E-state index contributed by atoms with van der Waals surface area (Å²) in [5.41, 5.74) is 6.17. The Morgan fingerprint density at radius 3 is 2.47 bits per heavy atom. The number of nitrogens with zero attached hydrogens (tertiary/aromatic N) is 2. The Bertz CT molecular complexity index is 1250. The highest BCUT2D eigenvalue weighted by Crippen LogP contribution is 2.40. The van der Waals surface area contributed by atoms with Crippen LogP contribution in [-0.4, -0.2) is 47.9 Å². The summed E-state index contributed by atoms with van der Waals surface area (Å²) >= 11 is 0. The topological polar surface area (TPSA) is 51.7 Å². The van der Waals surface area contributed by atoms with E-state index in [1.807, 2.05) is 35.2 Å². The first-order chi connectivity index (χ1) is 16.6. The molecule has 3 aromatic rings. The van der Waals surface area contributed by atoms with Crippen LogP contribution in [0, 0.1) is 5.92 Å². The number of fused-ring (bicyclic) bond motifs is 2. The Balaban J connectivity index is 1.44. The first-order valence-electron chi connectivity index (χ1n) is 12.4. The molecule has 34 heavy (non-hydrogen) atoms. The zero-order valence-electron chi connectivity index (χ0n) is 19.6. The average Bonchev–Trinajstić information content (AvgIpc) is 3.31. The third-order valence-corrected chi connectivity index (χ3v) is 7.40. The number of likely N-dealkylation sites (tertiary alicyclic amines) is 1. The van der Waals surface area contributed by atoms with E-state index in [1.54, 1.807) is 0 Å². The van der Waals surface area contributed by atoms with Crippen molar-refractivity contribution in [2.75, 3.05) is 26.3 Å². The van der Waals surface area contributed by atoms with Gasteiger partial charge in [0.05, 0.1) is 30.0 Å². The standard InChI is InChI=1S/C29H30N2O3/c1-20-17-22(19-21-7-3-2-4-8-21)27-24(18-20)26(23-9-5-6-10-25(23)30-27)28(32)31-13-11-29(12-14-31)33-15-16-34-29/h2-10,19-20H,11-18H2,1H3/b22-19+. The summed E-state index contributed by atoms with van der Waals surface area (Å²) in [4.78, 5) is 21.1. The smallest absolute Gasteiger partial charge is 0.254 e. The Kier molecular flexibility index (Phi) is 5.47. The normalized spacial score (nSPS) is 22.9. The second kappa shape index (κ2) is 8.64. The van der Waals surface area contributed by atoms with Crippen molar-refractivity contribution < 1.29 is 14.3 Å². The van der Waals surface area contributed by atoms with Crippen LogP contribution in [0.5, 0.6) is 0 Å². The number of piperidine rings is 1. The number of para-hydroxylation sites is 1. The van der Waals surface area contributed by atoms with Crippen molar-refractivity contribution in [1.82, 2.24) is 9.88 Å². The zero-order chi connectivity index (χ0) is 23.1. The highest BCUT2D eigenvalue weighted by molar-refractivity contribution is 6.09. The molecule has 1 amide bonds. The van der Waals surface area contributed by atoms with Crippen molar-refractivity contribution in [1.29, 1.82) is 0 Å². The van der Waals surface area contributed by atoms with Crippen LogP contribution in [0.4, 0.5) is 0 Å². The molecule has 0 bridgehead atoms. The van der Waals surface area contributed by atoms with Gasteiger partial charge in [-0.1, -0.05) is 55.5 Å². The Labute approximate surface area is 200 Å². The van der Waals surface area contributed by atoms with Crippen LogP contribution >= 0.6 is 0 Å². The molecule has 2 fully saturated rings. The number of ether oxygens (including phenoxy) is 2. The number of benzene rings is 2. The lowest BCUT2D eigenvalue weighted by atomic mass is 9.80. The predicted octanol–water partition coefficient (Wildman–Crippen LogP) is 5.34. The molecular formula is C29H30N2O3. The van der Waals surface area contributed by atoms with Gasteiger partial charge in [-0.05, 0) is 47.6 Å². The van der Waals surface area contributed by atoms with Gasteiger partial charge in [-0.15, -0.1) is 0 Å². The molecule has 2 aromatic carbocycles. The van der Waals surface area contributed by atoms with Crippen LogP contribution in [0.1, 0.15) is 53.4 Å². The van der Waals surface area contributed by atoms with E-state index in [4.69, 9.17) is 14.5 Å². The number of aromatic nitrogens is 1. The minimum atomic E-state index is -0.489. The first kappa shape index (κ1) is 21.5. The zero-order valence-corrected chi connectivity index (χ0v) is 19.6. The second-order valence-electron chi connectivity index (χ2n) is 9.82. The number of carbonyl (C=O) groups excluding carboxylic acids is 1. The van der Waals surface area contributed by atoms with E-state index in [1.165, 1.54) is 11.1 Å². The maximum atomic E-state index is 14.1. The molecule has 1 aromatic heterocycles. The quantitative estimate of drug-likeness (QED) is 0.525. The maximum Gasteiger partial charge on any atom is 0.254 e. The van der Waals surface area contributed by atoms with Gasteiger partial charge in [-0.25, -0.2) is 4.98 Å². The SMILES string of the molecule is CC1C/C(=C\c2ccccc2)c2nc3ccccc3c(C(=O)N3CCC4(CC3)OCCO4)c2C1. The number of hydrogen-bond donors (Lipinski definition) is 0. The van der Waals surface area contributed by atoms with E-state index < -0.39 is 5.79 Å². The molecule has 174 valence electrons. The number of rotatable bonds is 2. The van der Waals surface area contributed by atoms with Crippen molar-refractivity contribution in [3.63, 3.8) is 0 Å². The van der Waals surface area contributed by atoms with Gasteiger partial charge < -0.3 is 14.4 Å². The van der Waals surface area contributed by atoms with Crippen LogP contribution in [0.15, 0.2) is 54.6 Å². The minimum absolute atomic E-state index is 0.107. The molecule has 1 aliphatic carbocycles. The van der Waals surface area contributed by atoms with Crippen molar-refractivity contribution in [2.45, 2.75) is 38.4 Å². The van der Waals surface area contributed by atoms with Crippen molar-refractivity contribution in [3.8, 4) is 0 Å². The van der Waals surface area contributed by atoms with Crippen LogP contribution < -0.4 is 0 Å². The number of carbonyl (C=O) groups is 1. The summed E-state index contributed by atoms with van der Waals surface area (Å²) in [5.74, 6) is 0.0640. The highest BCUT2D eigenvalue weighted by atomic mass is 16.7. The summed E-state index contributed by atoms with van der Waals surface area (Å²) in [6, 6.07) is 18.5. The monoisotopic (exact) mass is 454 g/mol. The van der Waals surface area contributed by atoms with Crippen LogP contribution in [0.25, 0.3) is 22.6 Å². The Hall–Kier alpha value is -3.02. The van der Waals surface area contributed by atoms with E-state index in [9.17, 15) is 4.79 Å². The largest absolute Gasteiger partial charge is 0.347 e. The van der Waals surface area contributed by atoms with Crippen LogP contribution in [0.2, 0.25) is 0 Å². The molecular weight excluding hydrogens is 424 g/mol. The summed E-state index contributed by atoms with van der Waals surface area (Å²) in [6.07, 6.45) is 5.51. The third kappa shape index (κ3) is 3.83. The fourth-order valence-electron chi connectivity index (χ4n) is 5.72. The molecule has 0 radical (unpaired) electrons. The Morgan fingerprint density at radius 2 is 1.71 bits per heavy atom. The molecule has 0 saturated carbocycles. The molecule has 1 atom stereocenters. The fourth-order valence-corrected chi connectivity index (χ4v) is 5.72. The van der Waals surface area contributed by atoms with Crippen LogP contribution in [0.3, 0.4) is 0 Å². The van der Waals surface area contributed by atoms with E-state index in [-0.39, 0.29) is 5.91 Å². The van der Waals surface area contributed by atoms with Crippen LogP contribution in [-0.2, 0) is 15.9 Å². The van der Waals surface area contributed by atoms with Gasteiger partial charge in [0.2, 0.25) is 0 Å². The summed E-state index contributed by atoms with van der Waals surface area (Å²) < 4.78 is 11.8. The Morgan fingerprint density at radius 1 is 1.00 bits per heavy atom. The van der Waals surface area contributed by atoms with E-state index in [2.05, 4.69) is 37.3 Å². The minimum Gasteiger partial charge on any atom is -0.347 e. The summed E-state index contributed by atoms with van der Waals surface area (Å²) in [7, 11) is 0. The molecule has 1 spiro atoms. The van der Waals surface area contributed by atoms with Gasteiger partial charge in [-0.2, -0.15) is 0 Å². The first-order valence-corrected chi connectivity index (χ1v) is 12.4. The summed E-state index contributed by atoms with van der Waals surface area (Å²) in [6.45, 7) is 4.85. The van der Waals surface area contributed by atoms with Gasteiger partial charge in [0.1, 0.15) is 0 Å². The van der Waals surface area contributed by atoms with E-state index >= 15 is 0 Å². The molecule has 2 aliphatic heterocycles. The molecule has 0 N–H and O–H groups in total. The molecule has 6 rings (SSSR count). The number of hydrogen-bond acceptors (Lipinski definition) is 4.